The van der Waals surface area contributed by atoms with Crippen LogP contribution in [0.4, 0.5) is 0 Å². The first-order valence-electron chi connectivity index (χ1n) is 8.60. The van der Waals surface area contributed by atoms with E-state index >= 15 is 0 Å². The van der Waals surface area contributed by atoms with Gasteiger partial charge in [0.05, 0.1) is 0 Å². The highest BCUT2D eigenvalue weighted by atomic mass is 16.6. The normalized spacial score (nSPS) is 12.7. The summed E-state index contributed by atoms with van der Waals surface area (Å²) in [6.07, 6.45) is 1.86. The van der Waals surface area contributed by atoms with E-state index in [9.17, 15) is 0 Å². The van der Waals surface area contributed by atoms with Crippen LogP contribution in [0.3, 0.4) is 0 Å². The van der Waals surface area contributed by atoms with Crippen LogP contribution in [0.15, 0.2) is 76.4 Å². The van der Waals surface area contributed by atoms with Gasteiger partial charge in [-0.1, -0.05) is 41.6 Å². The topological polar surface area (TPSA) is 47.6 Å². The van der Waals surface area contributed by atoms with Gasteiger partial charge in [0.1, 0.15) is 22.2 Å². The molecule has 0 aliphatic carbocycles. The van der Waals surface area contributed by atoms with Crippen LogP contribution in [0.2, 0.25) is 0 Å². The fraction of sp³-hybridized carbons (Fsp3) is 0.182. The minimum absolute atomic E-state index is 0.366. The summed E-state index contributed by atoms with van der Waals surface area (Å²) in [5, 5.41) is 8.21. The zero-order valence-electron chi connectivity index (χ0n) is 15.1. The van der Waals surface area contributed by atoms with E-state index < -0.39 is 0 Å². The summed E-state index contributed by atoms with van der Waals surface area (Å²) in [6, 6.07) is 19.8. The Morgan fingerprint density at radius 2 is 1.65 bits per heavy atom. The van der Waals surface area contributed by atoms with Crippen molar-refractivity contribution in [2.75, 3.05) is 0 Å². The number of rotatable bonds is 2. The van der Waals surface area contributed by atoms with Gasteiger partial charge in [0, 0.05) is 23.0 Å². The maximum absolute atomic E-state index is 6.09. The Kier molecular flexibility index (Phi) is 3.96. The first kappa shape index (κ1) is 16.3. The summed E-state index contributed by atoms with van der Waals surface area (Å²) in [7, 11) is 0. The molecule has 0 bridgehead atoms. The van der Waals surface area contributed by atoms with Crippen LogP contribution < -0.4 is 5.36 Å². The van der Waals surface area contributed by atoms with Gasteiger partial charge in [-0.15, -0.1) is 0 Å². The van der Waals surface area contributed by atoms with Crippen LogP contribution in [0.25, 0.3) is 33.2 Å². The highest BCUT2D eigenvalue weighted by Crippen LogP contribution is 2.24. The predicted octanol–water partition coefficient (Wildman–Crippen LogP) is 5.28. The molecule has 0 atom stereocenters. The Labute approximate surface area is 151 Å². The molecule has 4 nitrogen and oxygen atoms in total. The second-order valence-corrected chi connectivity index (χ2v) is 7.20. The number of pyridine rings is 1. The maximum Gasteiger partial charge on any atom is 0.155 e. The molecule has 4 rings (SSSR count). The first-order valence-corrected chi connectivity index (χ1v) is 8.60. The van der Waals surface area contributed by atoms with Gasteiger partial charge in [-0.25, -0.2) is 0 Å². The van der Waals surface area contributed by atoms with Crippen molar-refractivity contribution in [3.63, 3.8) is 0 Å². The Bertz CT molecular complexity index is 1150. The van der Waals surface area contributed by atoms with Crippen molar-refractivity contribution in [2.24, 2.45) is 5.16 Å². The largest absolute Gasteiger partial charge is 0.454 e. The van der Waals surface area contributed by atoms with Gasteiger partial charge in [0.25, 0.3) is 0 Å². The lowest BCUT2D eigenvalue weighted by molar-refractivity contribution is -0.00585. The van der Waals surface area contributed by atoms with Crippen LogP contribution in [0.5, 0.6) is 0 Å². The minimum atomic E-state index is -0.366. The lowest BCUT2D eigenvalue weighted by Crippen LogP contribution is -2.18. The Morgan fingerprint density at radius 3 is 2.46 bits per heavy atom. The van der Waals surface area contributed by atoms with E-state index in [4.69, 9.17) is 9.25 Å². The Balaban J connectivity index is 1.92. The molecule has 2 aromatic carbocycles. The molecule has 0 spiro atoms. The molecule has 0 unspecified atom stereocenters. The zero-order chi connectivity index (χ0) is 18.1. The van der Waals surface area contributed by atoms with Crippen LogP contribution >= 0.6 is 0 Å². The molecule has 0 N–H and O–H groups in total. The SMILES string of the molecule is CC(C)(C)ON=c1cc(-c2cc3ccccc3cn2)oc2ccccc12. The fourth-order valence-corrected chi connectivity index (χ4v) is 2.72. The number of hydrogen-bond donors (Lipinski definition) is 0. The second kappa shape index (κ2) is 6.30. The highest BCUT2D eigenvalue weighted by molar-refractivity contribution is 5.85. The van der Waals surface area contributed by atoms with Gasteiger partial charge in [-0.2, -0.15) is 0 Å². The van der Waals surface area contributed by atoms with Gasteiger partial charge in [0.2, 0.25) is 0 Å². The van der Waals surface area contributed by atoms with Crippen molar-refractivity contribution < 1.29 is 9.25 Å². The van der Waals surface area contributed by atoms with Gasteiger partial charge in [0.15, 0.2) is 5.76 Å². The monoisotopic (exact) mass is 344 g/mol. The van der Waals surface area contributed by atoms with Crippen molar-refractivity contribution in [1.29, 1.82) is 0 Å². The zero-order valence-corrected chi connectivity index (χ0v) is 15.1. The molecule has 0 fully saturated rings. The minimum Gasteiger partial charge on any atom is -0.454 e. The summed E-state index contributed by atoms with van der Waals surface area (Å²) in [4.78, 5) is 10.2. The summed E-state index contributed by atoms with van der Waals surface area (Å²) in [6.45, 7) is 5.91. The molecular formula is C22H20N2O2. The molecule has 2 aromatic heterocycles. The number of fused-ring (bicyclic) bond motifs is 2. The van der Waals surface area contributed by atoms with Crippen LogP contribution in [-0.4, -0.2) is 10.6 Å². The van der Waals surface area contributed by atoms with Crippen molar-refractivity contribution in [1.82, 2.24) is 4.98 Å². The van der Waals surface area contributed by atoms with Crippen molar-refractivity contribution >= 4 is 21.7 Å². The highest BCUT2D eigenvalue weighted by Gasteiger charge is 2.12. The van der Waals surface area contributed by atoms with Gasteiger partial charge < -0.3 is 9.25 Å². The standard InChI is InChI=1S/C22H20N2O2/c1-22(2,3)26-24-18-13-21(25-20-11-7-6-10-17(18)20)19-12-15-8-4-5-9-16(15)14-23-19/h4-14H,1-3H3. The summed E-state index contributed by atoms with van der Waals surface area (Å²) < 4.78 is 6.09. The molecular weight excluding hydrogens is 324 g/mol. The molecule has 0 aliphatic rings. The van der Waals surface area contributed by atoms with Gasteiger partial charge in [-0.05, 0) is 44.4 Å². The molecule has 26 heavy (non-hydrogen) atoms. The van der Waals surface area contributed by atoms with Crippen LogP contribution in [-0.2, 0) is 4.84 Å². The second-order valence-electron chi connectivity index (χ2n) is 7.20. The van der Waals surface area contributed by atoms with E-state index in [-0.39, 0.29) is 5.60 Å². The summed E-state index contributed by atoms with van der Waals surface area (Å²) in [5.41, 5.74) is 1.15. The molecule has 0 saturated carbocycles. The third kappa shape index (κ3) is 3.31. The van der Waals surface area contributed by atoms with Crippen molar-refractivity contribution in [2.45, 2.75) is 26.4 Å². The van der Waals surface area contributed by atoms with E-state index in [1.54, 1.807) is 0 Å². The number of benzene rings is 2. The van der Waals surface area contributed by atoms with Crippen LogP contribution in [0.1, 0.15) is 20.8 Å². The molecule has 2 heterocycles. The summed E-state index contributed by atoms with van der Waals surface area (Å²) >= 11 is 0. The van der Waals surface area contributed by atoms with E-state index in [1.807, 2.05) is 81.6 Å². The van der Waals surface area contributed by atoms with Crippen LogP contribution in [0, 0.1) is 0 Å². The van der Waals surface area contributed by atoms with Gasteiger partial charge in [-0.3, -0.25) is 4.98 Å². The molecule has 0 saturated heterocycles. The third-order valence-corrected chi connectivity index (χ3v) is 3.95. The smallest absolute Gasteiger partial charge is 0.155 e. The third-order valence-electron chi connectivity index (χ3n) is 3.95. The quantitative estimate of drug-likeness (QED) is 0.465. The van der Waals surface area contributed by atoms with Crippen molar-refractivity contribution in [3.8, 4) is 11.5 Å². The Morgan fingerprint density at radius 1 is 0.923 bits per heavy atom. The molecule has 0 aliphatic heterocycles. The number of nitrogens with zero attached hydrogens (tertiary/aromatic N) is 2. The fourth-order valence-electron chi connectivity index (χ4n) is 2.72. The molecule has 0 radical (unpaired) electrons. The van der Waals surface area contributed by atoms with E-state index in [1.165, 1.54) is 0 Å². The van der Waals surface area contributed by atoms with Crippen molar-refractivity contribution in [3.05, 3.63) is 72.2 Å². The average molecular weight is 344 g/mol. The average Bonchev–Trinajstić information content (AvgIpc) is 2.65. The Hall–Kier alpha value is -3.14. The number of aromatic nitrogens is 1. The summed E-state index contributed by atoms with van der Waals surface area (Å²) in [5.74, 6) is 0.658. The van der Waals surface area contributed by atoms with Gasteiger partial charge >= 0.3 is 0 Å². The molecule has 130 valence electrons. The maximum atomic E-state index is 6.09. The molecule has 0 amide bonds. The van der Waals surface area contributed by atoms with E-state index in [0.29, 0.717) is 5.76 Å². The predicted molar refractivity (Wildman–Crippen MR) is 103 cm³/mol. The lowest BCUT2D eigenvalue weighted by Gasteiger charge is -2.15. The molecule has 4 aromatic rings. The van der Waals surface area contributed by atoms with E-state index in [0.717, 1.165) is 32.8 Å². The molecule has 4 heteroatoms. The first-order chi connectivity index (χ1) is 12.5. The lowest BCUT2D eigenvalue weighted by atomic mass is 10.1. The number of para-hydroxylation sites is 1. The van der Waals surface area contributed by atoms with E-state index in [2.05, 4.69) is 16.2 Å². The number of hydrogen-bond acceptors (Lipinski definition) is 4.